The highest BCUT2D eigenvalue weighted by Crippen LogP contribution is 2.37. The zero-order valence-electron chi connectivity index (χ0n) is 15.2. The summed E-state index contributed by atoms with van der Waals surface area (Å²) in [5, 5.41) is 2.42. The summed E-state index contributed by atoms with van der Waals surface area (Å²) in [5.41, 5.74) is 8.36. The van der Waals surface area contributed by atoms with Gasteiger partial charge in [0, 0.05) is 25.0 Å². The Bertz CT molecular complexity index is 897. The first-order valence-corrected chi connectivity index (χ1v) is 9.40. The van der Waals surface area contributed by atoms with E-state index in [0.717, 1.165) is 37.0 Å². The average molecular weight is 347 g/mol. The van der Waals surface area contributed by atoms with Gasteiger partial charge in [-0.15, -0.1) is 0 Å². The number of nitrogen functional groups attached to an aromatic ring is 1. The lowest BCUT2D eigenvalue weighted by Crippen LogP contribution is -2.31. The number of nitrogens with two attached hydrogens (primary N) is 1. The zero-order valence-corrected chi connectivity index (χ0v) is 15.2. The van der Waals surface area contributed by atoms with Crippen molar-refractivity contribution in [2.24, 2.45) is 0 Å². The molecule has 26 heavy (non-hydrogen) atoms. The second-order valence-corrected chi connectivity index (χ2v) is 6.72. The molecule has 0 saturated carbocycles. The highest BCUT2D eigenvalue weighted by atomic mass is 15.3. The minimum Gasteiger partial charge on any atom is -0.393 e. The van der Waals surface area contributed by atoms with Gasteiger partial charge in [-0.25, -0.2) is 9.97 Å². The molecule has 0 aliphatic carbocycles. The lowest BCUT2D eigenvalue weighted by Gasteiger charge is -2.31. The summed E-state index contributed by atoms with van der Waals surface area (Å²) < 4.78 is 0. The fourth-order valence-corrected chi connectivity index (χ4v) is 3.83. The van der Waals surface area contributed by atoms with Crippen LogP contribution in [0.5, 0.6) is 0 Å². The van der Waals surface area contributed by atoms with Crippen LogP contribution in [0.15, 0.2) is 48.8 Å². The van der Waals surface area contributed by atoms with E-state index in [1.165, 1.54) is 30.0 Å². The lowest BCUT2D eigenvalue weighted by atomic mass is 10.1. The minimum absolute atomic E-state index is 0.671. The van der Waals surface area contributed by atoms with Crippen molar-refractivity contribution in [3.63, 3.8) is 0 Å². The second kappa shape index (κ2) is 7.20. The molecule has 0 atom stereocenters. The van der Waals surface area contributed by atoms with Gasteiger partial charge in [0.05, 0.1) is 5.69 Å². The maximum absolute atomic E-state index is 6.56. The molecule has 0 bridgehead atoms. The minimum atomic E-state index is 0.671. The van der Waals surface area contributed by atoms with Gasteiger partial charge in [0.1, 0.15) is 12.0 Å². The van der Waals surface area contributed by atoms with E-state index in [0.29, 0.717) is 5.69 Å². The number of nitrogens with zero attached hydrogens (tertiary/aromatic N) is 4. The normalized spacial score (nSPS) is 14.6. The molecule has 1 fully saturated rings. The van der Waals surface area contributed by atoms with E-state index < -0.39 is 0 Å². The van der Waals surface area contributed by atoms with E-state index in [1.807, 2.05) is 0 Å². The van der Waals surface area contributed by atoms with Crippen molar-refractivity contribution in [1.29, 1.82) is 0 Å². The molecule has 4 rings (SSSR count). The predicted molar refractivity (Wildman–Crippen MR) is 109 cm³/mol. The summed E-state index contributed by atoms with van der Waals surface area (Å²) in [5.74, 6) is 1.66. The molecule has 0 spiro atoms. The van der Waals surface area contributed by atoms with Crippen molar-refractivity contribution in [3.05, 3.63) is 48.8 Å². The van der Waals surface area contributed by atoms with Crippen LogP contribution < -0.4 is 15.5 Å². The van der Waals surface area contributed by atoms with Crippen molar-refractivity contribution in [2.45, 2.75) is 26.2 Å². The summed E-state index contributed by atoms with van der Waals surface area (Å²) in [6.45, 7) is 4.95. The van der Waals surface area contributed by atoms with E-state index in [9.17, 15) is 0 Å². The Hall–Kier alpha value is -2.82. The molecule has 1 saturated heterocycles. The third kappa shape index (κ3) is 2.94. The first kappa shape index (κ1) is 16.6. The van der Waals surface area contributed by atoms with E-state index in [4.69, 9.17) is 5.73 Å². The number of hydrogen-bond acceptors (Lipinski definition) is 5. The summed E-state index contributed by atoms with van der Waals surface area (Å²) in [6.07, 6.45) is 5.31. The Morgan fingerprint density at radius 3 is 2.58 bits per heavy atom. The molecule has 0 amide bonds. The molecule has 1 aliphatic heterocycles. The third-order valence-corrected chi connectivity index (χ3v) is 5.13. The molecule has 0 radical (unpaired) electrons. The summed E-state index contributed by atoms with van der Waals surface area (Å²) in [7, 11) is 0. The van der Waals surface area contributed by atoms with Crippen LogP contribution in [-0.2, 0) is 0 Å². The van der Waals surface area contributed by atoms with Crippen LogP contribution in [-0.4, -0.2) is 29.6 Å². The Balaban J connectivity index is 1.79. The fraction of sp³-hybridized carbons (Fsp3) is 0.333. The van der Waals surface area contributed by atoms with E-state index in [2.05, 4.69) is 69.2 Å². The molecule has 2 aromatic carbocycles. The van der Waals surface area contributed by atoms with Gasteiger partial charge < -0.3 is 15.5 Å². The van der Waals surface area contributed by atoms with Crippen LogP contribution in [0.25, 0.3) is 10.8 Å². The molecule has 3 aromatic rings. The highest BCUT2D eigenvalue weighted by molar-refractivity contribution is 5.97. The Morgan fingerprint density at radius 1 is 1.00 bits per heavy atom. The topological polar surface area (TPSA) is 58.3 Å². The van der Waals surface area contributed by atoms with Gasteiger partial charge in [-0.2, -0.15) is 0 Å². The van der Waals surface area contributed by atoms with Crippen molar-refractivity contribution in [3.8, 4) is 0 Å². The van der Waals surface area contributed by atoms with Gasteiger partial charge in [-0.05, 0) is 37.6 Å². The maximum Gasteiger partial charge on any atom is 0.161 e. The van der Waals surface area contributed by atoms with Crippen molar-refractivity contribution < 1.29 is 0 Å². The van der Waals surface area contributed by atoms with Crippen LogP contribution in [0.3, 0.4) is 0 Å². The molecular formula is C21H25N5. The molecule has 0 unspecified atom stereocenters. The zero-order chi connectivity index (χ0) is 17.9. The largest absolute Gasteiger partial charge is 0.393 e. The van der Waals surface area contributed by atoms with Gasteiger partial charge >= 0.3 is 0 Å². The van der Waals surface area contributed by atoms with Crippen molar-refractivity contribution in [1.82, 2.24) is 9.97 Å². The molecular weight excluding hydrogens is 322 g/mol. The number of hydrogen-bond donors (Lipinski definition) is 1. The van der Waals surface area contributed by atoms with Crippen molar-refractivity contribution >= 4 is 33.8 Å². The number of aromatic nitrogens is 2. The van der Waals surface area contributed by atoms with Crippen LogP contribution in [0, 0.1) is 0 Å². The smallest absolute Gasteiger partial charge is 0.161 e. The molecule has 5 heteroatoms. The first-order chi connectivity index (χ1) is 12.8. The molecule has 1 aromatic heterocycles. The molecule has 134 valence electrons. The number of rotatable bonds is 4. The number of anilines is 4. The van der Waals surface area contributed by atoms with E-state index in [1.54, 1.807) is 6.33 Å². The molecule has 5 nitrogen and oxygen atoms in total. The van der Waals surface area contributed by atoms with Gasteiger partial charge in [0.15, 0.2) is 11.6 Å². The van der Waals surface area contributed by atoms with Gasteiger partial charge in [0.2, 0.25) is 0 Å². The Morgan fingerprint density at radius 2 is 1.77 bits per heavy atom. The average Bonchev–Trinajstić information content (AvgIpc) is 2.70. The van der Waals surface area contributed by atoms with E-state index in [-0.39, 0.29) is 0 Å². The summed E-state index contributed by atoms with van der Waals surface area (Å²) >= 11 is 0. The fourth-order valence-electron chi connectivity index (χ4n) is 3.83. The molecule has 1 aliphatic rings. The SMILES string of the molecule is CCN(c1ncnc(N2CCCCC2)c1N)c1cccc2ccccc12. The Kier molecular flexibility index (Phi) is 4.61. The predicted octanol–water partition coefficient (Wildman–Crippen LogP) is 4.36. The third-order valence-electron chi connectivity index (χ3n) is 5.13. The van der Waals surface area contributed by atoms with Gasteiger partial charge in [-0.1, -0.05) is 36.4 Å². The highest BCUT2D eigenvalue weighted by Gasteiger charge is 2.21. The standard InChI is InChI=1S/C21H25N5/c1-2-26(18-12-8-10-16-9-4-5-11-17(16)18)21-19(22)20(23-15-24-21)25-13-6-3-7-14-25/h4-5,8-12,15H,2-3,6-7,13-14,22H2,1H3. The number of benzene rings is 2. The number of piperidine rings is 1. The van der Waals surface area contributed by atoms with Crippen LogP contribution in [0.1, 0.15) is 26.2 Å². The maximum atomic E-state index is 6.56. The van der Waals surface area contributed by atoms with E-state index >= 15 is 0 Å². The van der Waals surface area contributed by atoms with Gasteiger partial charge in [-0.3, -0.25) is 0 Å². The Labute approximate surface area is 154 Å². The summed E-state index contributed by atoms with van der Waals surface area (Å²) in [6, 6.07) is 14.8. The second-order valence-electron chi connectivity index (χ2n) is 6.72. The monoisotopic (exact) mass is 347 g/mol. The van der Waals surface area contributed by atoms with Crippen LogP contribution in [0.4, 0.5) is 23.0 Å². The molecule has 2 N–H and O–H groups in total. The quantitative estimate of drug-likeness (QED) is 0.760. The summed E-state index contributed by atoms with van der Waals surface area (Å²) in [4.78, 5) is 13.5. The lowest BCUT2D eigenvalue weighted by molar-refractivity contribution is 0.573. The first-order valence-electron chi connectivity index (χ1n) is 9.40. The van der Waals surface area contributed by atoms with Crippen LogP contribution in [0.2, 0.25) is 0 Å². The van der Waals surface area contributed by atoms with Crippen molar-refractivity contribution in [2.75, 3.05) is 35.2 Å². The van der Waals surface area contributed by atoms with Gasteiger partial charge in [0.25, 0.3) is 0 Å². The van der Waals surface area contributed by atoms with Crippen LogP contribution >= 0.6 is 0 Å². The number of fused-ring (bicyclic) bond motifs is 1. The molecule has 2 heterocycles.